The van der Waals surface area contributed by atoms with Crippen LogP contribution in [0.3, 0.4) is 0 Å². The normalized spacial score (nSPS) is 15.9. The van der Waals surface area contributed by atoms with Crippen molar-refractivity contribution in [2.24, 2.45) is 5.73 Å². The number of nitrogens with two attached hydrogens (primary N) is 1. The third-order valence-corrected chi connectivity index (χ3v) is 2.18. The molecule has 5 heteroatoms. The average Bonchev–Trinajstić information content (AvgIpc) is 2.15. The molecule has 0 saturated heterocycles. The summed E-state index contributed by atoms with van der Waals surface area (Å²) in [5.41, 5.74) is 4.86. The Morgan fingerprint density at radius 1 is 1.19 bits per heavy atom. The predicted octanol–water partition coefficient (Wildman–Crippen LogP) is 3.45. The largest absolute Gasteiger partial charge is 0.416 e. The summed E-state index contributed by atoms with van der Waals surface area (Å²) in [7, 11) is 0. The van der Waals surface area contributed by atoms with Crippen LogP contribution in [0.2, 0.25) is 0 Å². The van der Waals surface area contributed by atoms with E-state index in [9.17, 15) is 17.6 Å². The molecule has 1 rings (SSSR count). The highest BCUT2D eigenvalue weighted by Gasteiger charge is 2.30. The molecule has 2 atom stereocenters. The third-order valence-electron chi connectivity index (χ3n) is 2.18. The first-order valence-corrected chi connectivity index (χ1v) is 4.87. The first kappa shape index (κ1) is 13.0. The lowest BCUT2D eigenvalue weighted by Gasteiger charge is -2.12. The maximum Gasteiger partial charge on any atom is 0.416 e. The predicted molar refractivity (Wildman–Crippen MR) is 53.6 cm³/mol. The lowest BCUT2D eigenvalue weighted by molar-refractivity contribution is -0.137. The van der Waals surface area contributed by atoms with Gasteiger partial charge in [0.2, 0.25) is 0 Å². The van der Waals surface area contributed by atoms with Crippen LogP contribution < -0.4 is 5.73 Å². The van der Waals surface area contributed by atoms with E-state index in [0.29, 0.717) is 0 Å². The zero-order valence-corrected chi connectivity index (χ0v) is 8.76. The Morgan fingerprint density at radius 3 is 2.06 bits per heavy atom. The fourth-order valence-corrected chi connectivity index (χ4v) is 1.34. The summed E-state index contributed by atoms with van der Waals surface area (Å²) in [6.07, 6.45) is -5.60. The zero-order valence-electron chi connectivity index (χ0n) is 8.76. The highest BCUT2D eigenvalue weighted by molar-refractivity contribution is 5.26. The van der Waals surface area contributed by atoms with Crippen LogP contribution >= 0.6 is 0 Å². The summed E-state index contributed by atoms with van der Waals surface area (Å²) in [6, 6.07) is 3.73. The molecule has 0 bridgehead atoms. The summed E-state index contributed by atoms with van der Waals surface area (Å²) >= 11 is 0. The van der Waals surface area contributed by atoms with Crippen LogP contribution in [0.5, 0.6) is 0 Å². The van der Waals surface area contributed by atoms with Gasteiger partial charge in [0.25, 0.3) is 0 Å². The van der Waals surface area contributed by atoms with Crippen LogP contribution in [-0.4, -0.2) is 6.04 Å². The van der Waals surface area contributed by atoms with E-state index in [2.05, 4.69) is 0 Å². The van der Waals surface area contributed by atoms with Gasteiger partial charge in [-0.3, -0.25) is 0 Å². The third kappa shape index (κ3) is 3.48. The van der Waals surface area contributed by atoms with Crippen LogP contribution in [-0.2, 0) is 6.18 Å². The number of hydrogen-bond donors (Lipinski definition) is 1. The molecule has 0 aromatic heterocycles. The van der Waals surface area contributed by atoms with Crippen molar-refractivity contribution in [2.75, 3.05) is 0 Å². The summed E-state index contributed by atoms with van der Waals surface area (Å²) in [5, 5.41) is 0. The number of benzene rings is 1. The maximum absolute atomic E-state index is 13.5. The second-order valence-corrected chi connectivity index (χ2v) is 3.80. The van der Waals surface area contributed by atoms with E-state index in [0.717, 1.165) is 24.3 Å². The Balaban J connectivity index is 2.79. The first-order chi connectivity index (χ1) is 7.30. The molecule has 1 aromatic rings. The second-order valence-electron chi connectivity index (χ2n) is 3.80. The Labute approximate surface area is 91.3 Å². The van der Waals surface area contributed by atoms with Crippen LogP contribution in [0.25, 0.3) is 0 Å². The van der Waals surface area contributed by atoms with Gasteiger partial charge in [-0.15, -0.1) is 0 Å². The van der Waals surface area contributed by atoms with E-state index >= 15 is 0 Å². The van der Waals surface area contributed by atoms with Gasteiger partial charge in [0.05, 0.1) is 5.56 Å². The molecular formula is C11H13F4N. The smallest absolute Gasteiger partial charge is 0.328 e. The lowest BCUT2D eigenvalue weighted by atomic mass is 10.0. The van der Waals surface area contributed by atoms with E-state index in [1.54, 1.807) is 6.92 Å². The molecule has 0 aliphatic rings. The molecule has 1 nitrogen and oxygen atoms in total. The van der Waals surface area contributed by atoms with Gasteiger partial charge in [-0.25, -0.2) is 4.39 Å². The van der Waals surface area contributed by atoms with Gasteiger partial charge >= 0.3 is 6.18 Å². The summed E-state index contributed by atoms with van der Waals surface area (Å²) in [6.45, 7) is 1.65. The van der Waals surface area contributed by atoms with Gasteiger partial charge in [-0.05, 0) is 31.0 Å². The minimum atomic E-state index is -4.38. The van der Waals surface area contributed by atoms with Crippen molar-refractivity contribution in [1.29, 1.82) is 0 Å². The number of alkyl halides is 4. The number of rotatable bonds is 3. The molecule has 90 valence electrons. The molecule has 0 heterocycles. The van der Waals surface area contributed by atoms with Gasteiger partial charge in [-0.1, -0.05) is 12.1 Å². The molecule has 0 spiro atoms. The molecule has 0 amide bonds. The monoisotopic (exact) mass is 235 g/mol. The van der Waals surface area contributed by atoms with E-state index in [1.807, 2.05) is 0 Å². The molecule has 0 aliphatic heterocycles. The molecule has 0 saturated carbocycles. The highest BCUT2D eigenvalue weighted by Crippen LogP contribution is 2.31. The van der Waals surface area contributed by atoms with Crippen molar-refractivity contribution in [3.05, 3.63) is 35.4 Å². The standard InChI is InChI=1S/C11H13F4N/c1-7(16)6-10(12)8-2-4-9(5-3-8)11(13,14)15/h2-5,7,10H,6,16H2,1H3. The number of halogens is 4. The van der Waals surface area contributed by atoms with Gasteiger partial charge in [0, 0.05) is 6.04 Å². The summed E-state index contributed by atoms with van der Waals surface area (Å²) < 4.78 is 50.1. The molecule has 0 radical (unpaired) electrons. The fraction of sp³-hybridized carbons (Fsp3) is 0.455. The SMILES string of the molecule is CC(N)CC(F)c1ccc(C(F)(F)F)cc1. The maximum atomic E-state index is 13.5. The Kier molecular flexibility index (Phi) is 3.91. The van der Waals surface area contributed by atoms with Crippen molar-refractivity contribution in [3.8, 4) is 0 Å². The fourth-order valence-electron chi connectivity index (χ4n) is 1.34. The van der Waals surface area contributed by atoms with Crippen molar-refractivity contribution < 1.29 is 17.6 Å². The highest BCUT2D eigenvalue weighted by atomic mass is 19.4. The Hall–Kier alpha value is -1.10. The van der Waals surface area contributed by atoms with Crippen LogP contribution in [0.15, 0.2) is 24.3 Å². The van der Waals surface area contributed by atoms with Gasteiger partial charge in [0.1, 0.15) is 6.17 Å². The van der Waals surface area contributed by atoms with E-state index in [-0.39, 0.29) is 18.0 Å². The van der Waals surface area contributed by atoms with E-state index < -0.39 is 17.9 Å². The van der Waals surface area contributed by atoms with Crippen LogP contribution in [0.4, 0.5) is 17.6 Å². The van der Waals surface area contributed by atoms with E-state index in [1.165, 1.54) is 0 Å². The Bertz CT molecular complexity index is 329. The molecule has 0 aliphatic carbocycles. The second kappa shape index (κ2) is 4.82. The minimum Gasteiger partial charge on any atom is -0.328 e. The quantitative estimate of drug-likeness (QED) is 0.798. The van der Waals surface area contributed by atoms with Crippen LogP contribution in [0, 0.1) is 0 Å². The lowest BCUT2D eigenvalue weighted by Crippen LogP contribution is -2.17. The summed E-state index contributed by atoms with van der Waals surface area (Å²) in [5.74, 6) is 0. The molecular weight excluding hydrogens is 222 g/mol. The molecule has 2 unspecified atom stereocenters. The van der Waals surface area contributed by atoms with Crippen molar-refractivity contribution in [3.63, 3.8) is 0 Å². The molecule has 0 fully saturated rings. The van der Waals surface area contributed by atoms with Gasteiger partial charge in [-0.2, -0.15) is 13.2 Å². The molecule has 2 N–H and O–H groups in total. The van der Waals surface area contributed by atoms with Gasteiger partial charge < -0.3 is 5.73 Å². The van der Waals surface area contributed by atoms with Crippen molar-refractivity contribution in [2.45, 2.75) is 31.7 Å². The average molecular weight is 235 g/mol. The topological polar surface area (TPSA) is 26.0 Å². The van der Waals surface area contributed by atoms with Crippen molar-refractivity contribution >= 4 is 0 Å². The number of hydrogen-bond acceptors (Lipinski definition) is 1. The zero-order chi connectivity index (χ0) is 12.3. The van der Waals surface area contributed by atoms with Crippen molar-refractivity contribution in [1.82, 2.24) is 0 Å². The van der Waals surface area contributed by atoms with Crippen LogP contribution in [0.1, 0.15) is 30.6 Å². The Morgan fingerprint density at radius 2 is 1.69 bits per heavy atom. The molecule has 16 heavy (non-hydrogen) atoms. The minimum absolute atomic E-state index is 0.103. The molecule has 1 aromatic carbocycles. The first-order valence-electron chi connectivity index (χ1n) is 4.87. The van der Waals surface area contributed by atoms with Gasteiger partial charge in [0.15, 0.2) is 0 Å². The summed E-state index contributed by atoms with van der Waals surface area (Å²) in [4.78, 5) is 0. The van der Waals surface area contributed by atoms with E-state index in [4.69, 9.17) is 5.73 Å².